The molecule has 2 saturated heterocycles. The molecule has 1 atom stereocenters. The smallest absolute Gasteiger partial charge is 0.232 e. The van der Waals surface area contributed by atoms with E-state index in [1.807, 2.05) is 35.2 Å². The van der Waals surface area contributed by atoms with E-state index < -0.39 is 0 Å². The quantitative estimate of drug-likeness (QED) is 0.743. The third-order valence-electron chi connectivity index (χ3n) is 4.96. The zero-order chi connectivity index (χ0) is 16.8. The third-order valence-corrected chi connectivity index (χ3v) is 5.88. The predicted octanol–water partition coefficient (Wildman–Crippen LogP) is 2.69. The molecule has 4 nitrogen and oxygen atoms in total. The highest BCUT2D eigenvalue weighted by Gasteiger charge is 2.29. The average molecular weight is 346 g/mol. The Morgan fingerprint density at radius 2 is 1.75 bits per heavy atom. The summed E-state index contributed by atoms with van der Waals surface area (Å²) in [6.45, 7) is 4.11. The van der Waals surface area contributed by atoms with Crippen LogP contribution in [0.1, 0.15) is 36.0 Å². The molecular formula is C19H26N2O2S. The standard InChI is InChI=1S/C19H26N2O2S/c22-18(16-7-2-1-3-8-16)14-24-15-19(23)21-12-6-9-17(13-21)20-10-4-5-11-20/h1-3,7-8,17H,4-6,9-15H2. The second-order valence-electron chi connectivity index (χ2n) is 6.66. The number of hydrogen-bond donors (Lipinski definition) is 0. The van der Waals surface area contributed by atoms with Gasteiger partial charge in [0.05, 0.1) is 11.5 Å². The second kappa shape index (κ2) is 8.67. The third kappa shape index (κ3) is 4.61. The fraction of sp³-hybridized carbons (Fsp3) is 0.579. The first-order valence-electron chi connectivity index (χ1n) is 8.92. The summed E-state index contributed by atoms with van der Waals surface area (Å²) in [7, 11) is 0. The number of thioether (sulfide) groups is 1. The van der Waals surface area contributed by atoms with Crippen molar-refractivity contribution in [3.05, 3.63) is 35.9 Å². The molecule has 3 rings (SSSR count). The van der Waals surface area contributed by atoms with Gasteiger partial charge in [0.15, 0.2) is 5.78 Å². The molecule has 1 aromatic rings. The molecule has 0 spiro atoms. The van der Waals surface area contributed by atoms with Crippen LogP contribution in [0.2, 0.25) is 0 Å². The number of benzene rings is 1. The van der Waals surface area contributed by atoms with Gasteiger partial charge in [0, 0.05) is 24.7 Å². The molecular weight excluding hydrogens is 320 g/mol. The summed E-state index contributed by atoms with van der Waals surface area (Å²) in [5.41, 5.74) is 0.726. The highest BCUT2D eigenvalue weighted by molar-refractivity contribution is 8.00. The Balaban J connectivity index is 1.42. The minimum absolute atomic E-state index is 0.0991. The minimum Gasteiger partial charge on any atom is -0.340 e. The van der Waals surface area contributed by atoms with Crippen molar-refractivity contribution in [3.8, 4) is 0 Å². The maximum atomic E-state index is 12.5. The molecule has 1 unspecified atom stereocenters. The first kappa shape index (κ1) is 17.5. The highest BCUT2D eigenvalue weighted by atomic mass is 32.2. The maximum Gasteiger partial charge on any atom is 0.232 e. The number of amides is 1. The van der Waals surface area contributed by atoms with E-state index in [-0.39, 0.29) is 11.7 Å². The van der Waals surface area contributed by atoms with Crippen molar-refractivity contribution in [2.45, 2.75) is 31.7 Å². The van der Waals surface area contributed by atoms with E-state index in [0.29, 0.717) is 17.5 Å². The van der Waals surface area contributed by atoms with Crippen LogP contribution in [-0.4, -0.2) is 65.2 Å². The van der Waals surface area contributed by atoms with Crippen LogP contribution >= 0.6 is 11.8 Å². The van der Waals surface area contributed by atoms with E-state index >= 15 is 0 Å². The van der Waals surface area contributed by atoms with Gasteiger partial charge < -0.3 is 4.90 Å². The molecule has 1 aromatic carbocycles. The molecule has 5 heteroatoms. The Kier molecular flexibility index (Phi) is 6.32. The Hall–Kier alpha value is -1.33. The number of carbonyl (C=O) groups is 2. The monoisotopic (exact) mass is 346 g/mol. The number of nitrogens with zero attached hydrogens (tertiary/aromatic N) is 2. The van der Waals surface area contributed by atoms with Crippen molar-refractivity contribution in [2.24, 2.45) is 0 Å². The van der Waals surface area contributed by atoms with Crippen LogP contribution in [0.4, 0.5) is 0 Å². The molecule has 24 heavy (non-hydrogen) atoms. The Bertz CT molecular complexity index is 558. The zero-order valence-corrected chi connectivity index (χ0v) is 15.0. The normalized spacial score (nSPS) is 21.8. The van der Waals surface area contributed by atoms with Crippen LogP contribution in [0.5, 0.6) is 0 Å². The van der Waals surface area contributed by atoms with Crippen LogP contribution in [0.15, 0.2) is 30.3 Å². The summed E-state index contributed by atoms with van der Waals surface area (Å²) in [6.07, 6.45) is 4.90. The van der Waals surface area contributed by atoms with Crippen molar-refractivity contribution in [3.63, 3.8) is 0 Å². The van der Waals surface area contributed by atoms with E-state index in [1.54, 1.807) is 0 Å². The number of ketones is 1. The molecule has 130 valence electrons. The number of likely N-dealkylation sites (tertiary alicyclic amines) is 2. The average Bonchev–Trinajstić information content (AvgIpc) is 3.17. The zero-order valence-electron chi connectivity index (χ0n) is 14.2. The molecule has 0 bridgehead atoms. The molecule has 2 fully saturated rings. The Morgan fingerprint density at radius 3 is 2.50 bits per heavy atom. The molecule has 0 aliphatic carbocycles. The SMILES string of the molecule is O=C(CSCC(=O)N1CCCC(N2CCCC2)C1)c1ccccc1. The summed E-state index contributed by atoms with van der Waals surface area (Å²) < 4.78 is 0. The summed E-state index contributed by atoms with van der Waals surface area (Å²) in [5, 5.41) is 0. The van der Waals surface area contributed by atoms with Gasteiger partial charge >= 0.3 is 0 Å². The van der Waals surface area contributed by atoms with Crippen molar-refractivity contribution in [1.82, 2.24) is 9.80 Å². The number of carbonyl (C=O) groups excluding carboxylic acids is 2. The van der Waals surface area contributed by atoms with Crippen molar-refractivity contribution >= 4 is 23.5 Å². The first-order chi connectivity index (χ1) is 11.7. The fourth-order valence-electron chi connectivity index (χ4n) is 3.62. The van der Waals surface area contributed by atoms with Crippen LogP contribution in [-0.2, 0) is 4.79 Å². The number of rotatable bonds is 6. The first-order valence-corrected chi connectivity index (χ1v) is 10.1. The lowest BCUT2D eigenvalue weighted by molar-refractivity contribution is -0.130. The lowest BCUT2D eigenvalue weighted by atomic mass is 10.0. The van der Waals surface area contributed by atoms with Gasteiger partial charge in [-0.05, 0) is 38.8 Å². The summed E-state index contributed by atoms with van der Waals surface area (Å²) in [4.78, 5) is 29.1. The number of hydrogen-bond acceptors (Lipinski definition) is 4. The van der Waals surface area contributed by atoms with E-state index in [0.717, 1.165) is 25.1 Å². The maximum absolute atomic E-state index is 12.5. The van der Waals surface area contributed by atoms with E-state index in [9.17, 15) is 9.59 Å². The van der Waals surface area contributed by atoms with Gasteiger partial charge in [-0.1, -0.05) is 30.3 Å². The fourth-order valence-corrected chi connectivity index (χ4v) is 4.43. The largest absolute Gasteiger partial charge is 0.340 e. The van der Waals surface area contributed by atoms with Crippen LogP contribution in [0.3, 0.4) is 0 Å². The van der Waals surface area contributed by atoms with Crippen molar-refractivity contribution in [2.75, 3.05) is 37.7 Å². The van der Waals surface area contributed by atoms with Gasteiger partial charge in [-0.2, -0.15) is 0 Å². The molecule has 2 heterocycles. The second-order valence-corrected chi connectivity index (χ2v) is 7.65. The van der Waals surface area contributed by atoms with Gasteiger partial charge in [0.1, 0.15) is 0 Å². The number of piperidine rings is 1. The van der Waals surface area contributed by atoms with Gasteiger partial charge in [0.25, 0.3) is 0 Å². The summed E-state index contributed by atoms with van der Waals surface area (Å²) in [5.74, 6) is 1.07. The topological polar surface area (TPSA) is 40.6 Å². The number of Topliss-reactive ketones (excluding diaryl/α,β-unsaturated/α-hetero) is 1. The van der Waals surface area contributed by atoms with E-state index in [1.165, 1.54) is 44.1 Å². The molecule has 0 aromatic heterocycles. The lowest BCUT2D eigenvalue weighted by Crippen LogP contribution is -2.49. The van der Waals surface area contributed by atoms with Gasteiger partial charge in [-0.25, -0.2) is 0 Å². The lowest BCUT2D eigenvalue weighted by Gasteiger charge is -2.37. The molecule has 2 aliphatic rings. The van der Waals surface area contributed by atoms with Crippen LogP contribution in [0.25, 0.3) is 0 Å². The molecule has 1 amide bonds. The summed E-state index contributed by atoms with van der Waals surface area (Å²) >= 11 is 1.44. The van der Waals surface area contributed by atoms with E-state index in [4.69, 9.17) is 0 Å². The molecule has 0 radical (unpaired) electrons. The highest BCUT2D eigenvalue weighted by Crippen LogP contribution is 2.21. The van der Waals surface area contributed by atoms with Gasteiger partial charge in [-0.3, -0.25) is 14.5 Å². The van der Waals surface area contributed by atoms with Crippen LogP contribution < -0.4 is 0 Å². The molecule has 0 N–H and O–H groups in total. The van der Waals surface area contributed by atoms with Gasteiger partial charge in [0.2, 0.25) is 5.91 Å². The Morgan fingerprint density at radius 1 is 1.00 bits per heavy atom. The van der Waals surface area contributed by atoms with E-state index in [2.05, 4.69) is 4.90 Å². The Labute approximate surface area is 148 Å². The van der Waals surface area contributed by atoms with Gasteiger partial charge in [-0.15, -0.1) is 11.8 Å². The van der Waals surface area contributed by atoms with Crippen LogP contribution in [0, 0.1) is 0 Å². The van der Waals surface area contributed by atoms with Crippen molar-refractivity contribution in [1.29, 1.82) is 0 Å². The van der Waals surface area contributed by atoms with Crippen molar-refractivity contribution < 1.29 is 9.59 Å². The minimum atomic E-state index is 0.0991. The summed E-state index contributed by atoms with van der Waals surface area (Å²) in [6, 6.07) is 9.85. The molecule has 2 aliphatic heterocycles. The molecule has 0 saturated carbocycles. The predicted molar refractivity (Wildman–Crippen MR) is 98.5 cm³/mol.